The lowest BCUT2D eigenvalue weighted by molar-refractivity contribution is 0.0781. The first-order valence-corrected chi connectivity index (χ1v) is 6.98. The molecule has 2 N–H and O–H groups in total. The summed E-state index contributed by atoms with van der Waals surface area (Å²) in [7, 11) is -2.56. The third-order valence-electron chi connectivity index (χ3n) is 2.57. The number of nitrogens with zero attached hydrogens (tertiary/aromatic N) is 2. The monoisotopic (exact) mass is 295 g/mol. The summed E-state index contributed by atoms with van der Waals surface area (Å²) >= 11 is 0. The van der Waals surface area contributed by atoms with E-state index in [2.05, 4.69) is 0 Å². The van der Waals surface area contributed by atoms with Crippen LogP contribution < -0.4 is 5.14 Å². The van der Waals surface area contributed by atoms with Gasteiger partial charge < -0.3 is 9.47 Å². The molecule has 0 fully saturated rings. The first-order chi connectivity index (χ1) is 8.66. The highest BCUT2D eigenvalue weighted by Gasteiger charge is 2.22. The van der Waals surface area contributed by atoms with Gasteiger partial charge in [0.15, 0.2) is 0 Å². The highest BCUT2D eigenvalue weighted by molar-refractivity contribution is 7.89. The van der Waals surface area contributed by atoms with E-state index in [0.29, 0.717) is 6.54 Å². The third kappa shape index (κ3) is 3.74. The van der Waals surface area contributed by atoms with Gasteiger partial charge in [0.2, 0.25) is 10.0 Å². The number of rotatable bonds is 5. The molecule has 0 saturated carbocycles. The molecule has 0 aliphatic rings. The second-order valence-corrected chi connectivity index (χ2v) is 5.53. The van der Waals surface area contributed by atoms with Gasteiger partial charge in [0.05, 0.1) is 6.54 Å². The smallest absolute Gasteiger partial charge is 0.270 e. The number of hydrogen-bond donors (Lipinski definition) is 1. The van der Waals surface area contributed by atoms with Crippen molar-refractivity contribution in [2.75, 3.05) is 13.6 Å². The van der Waals surface area contributed by atoms with Gasteiger partial charge in [-0.05, 0) is 13.0 Å². The predicted octanol–water partition coefficient (Wildman–Crippen LogP) is 0.493. The van der Waals surface area contributed by atoms with Crippen molar-refractivity contribution in [3.8, 4) is 0 Å². The molecule has 1 amide bonds. The van der Waals surface area contributed by atoms with E-state index in [1.54, 1.807) is 6.92 Å². The van der Waals surface area contributed by atoms with Gasteiger partial charge in [-0.2, -0.15) is 0 Å². The minimum atomic E-state index is -4.04. The largest absolute Gasteiger partial charge is 0.341 e. The molecule has 0 aliphatic carbocycles. The first-order valence-electron chi connectivity index (χ1n) is 5.43. The van der Waals surface area contributed by atoms with Crippen LogP contribution in [0.25, 0.3) is 0 Å². The van der Waals surface area contributed by atoms with E-state index in [0.717, 1.165) is 16.8 Å². The Labute approximate surface area is 109 Å². The van der Waals surface area contributed by atoms with Crippen molar-refractivity contribution in [2.24, 2.45) is 5.14 Å². The number of halogens is 2. The van der Waals surface area contributed by atoms with Gasteiger partial charge >= 0.3 is 0 Å². The number of alkyl halides is 2. The van der Waals surface area contributed by atoms with Crippen LogP contribution >= 0.6 is 0 Å². The van der Waals surface area contributed by atoms with Crippen LogP contribution in [0.3, 0.4) is 0 Å². The summed E-state index contributed by atoms with van der Waals surface area (Å²) in [6.45, 7) is 1.30. The predicted molar refractivity (Wildman–Crippen MR) is 64.4 cm³/mol. The number of carbonyl (C=O) groups excluding carboxylic acids is 1. The van der Waals surface area contributed by atoms with Crippen LogP contribution in [0.4, 0.5) is 8.78 Å². The quantitative estimate of drug-likeness (QED) is 0.858. The van der Waals surface area contributed by atoms with Crippen LogP contribution in [0.2, 0.25) is 0 Å². The standard InChI is InChI=1S/C10H15F2N3O3S/c1-3-14(2)10(16)8-4-7(19(13,17)18)5-15(8)6-9(11)12/h4-5,9H,3,6H2,1-2H3,(H2,13,17,18). The summed E-state index contributed by atoms with van der Waals surface area (Å²) < 4.78 is 48.2. The molecule has 0 unspecified atom stereocenters. The topological polar surface area (TPSA) is 85.4 Å². The van der Waals surface area contributed by atoms with Crippen LogP contribution in [0.15, 0.2) is 17.2 Å². The summed E-state index contributed by atoms with van der Waals surface area (Å²) in [5.41, 5.74) is -0.131. The number of nitrogens with two attached hydrogens (primary N) is 1. The van der Waals surface area contributed by atoms with Crippen LogP contribution in [0.5, 0.6) is 0 Å². The maximum absolute atomic E-state index is 12.4. The van der Waals surface area contributed by atoms with Crippen LogP contribution in [0, 0.1) is 0 Å². The summed E-state index contributed by atoms with van der Waals surface area (Å²) in [5.74, 6) is -0.543. The van der Waals surface area contributed by atoms with Gasteiger partial charge in [0.25, 0.3) is 12.3 Å². The molecule has 0 radical (unpaired) electrons. The van der Waals surface area contributed by atoms with E-state index in [4.69, 9.17) is 5.14 Å². The molecule has 0 aromatic carbocycles. The van der Waals surface area contributed by atoms with E-state index in [9.17, 15) is 22.0 Å². The van der Waals surface area contributed by atoms with Gasteiger partial charge in [0.1, 0.15) is 10.6 Å². The molecule has 0 atom stereocenters. The van der Waals surface area contributed by atoms with Crippen molar-refractivity contribution in [2.45, 2.75) is 24.8 Å². The lowest BCUT2D eigenvalue weighted by Crippen LogP contribution is -2.28. The average molecular weight is 295 g/mol. The molecule has 0 saturated heterocycles. The van der Waals surface area contributed by atoms with Gasteiger partial charge in [-0.3, -0.25) is 4.79 Å². The average Bonchev–Trinajstić information content (AvgIpc) is 2.69. The Bertz CT molecular complexity index is 569. The molecule has 108 valence electrons. The molecule has 1 aromatic heterocycles. The molecule has 19 heavy (non-hydrogen) atoms. The summed E-state index contributed by atoms with van der Waals surface area (Å²) in [5, 5.41) is 4.93. The van der Waals surface area contributed by atoms with Crippen molar-refractivity contribution in [1.29, 1.82) is 0 Å². The van der Waals surface area contributed by atoms with Crippen molar-refractivity contribution in [1.82, 2.24) is 9.47 Å². The fraction of sp³-hybridized carbons (Fsp3) is 0.500. The molecule has 1 rings (SSSR count). The normalized spacial score (nSPS) is 11.9. The van der Waals surface area contributed by atoms with E-state index >= 15 is 0 Å². The van der Waals surface area contributed by atoms with Gasteiger partial charge in [-0.15, -0.1) is 0 Å². The molecular weight excluding hydrogens is 280 g/mol. The second-order valence-electron chi connectivity index (χ2n) is 3.97. The van der Waals surface area contributed by atoms with Gasteiger partial charge in [-0.25, -0.2) is 22.3 Å². The number of carbonyl (C=O) groups is 1. The van der Waals surface area contributed by atoms with Crippen LogP contribution in [0.1, 0.15) is 17.4 Å². The number of hydrogen-bond acceptors (Lipinski definition) is 3. The minimum Gasteiger partial charge on any atom is -0.341 e. The zero-order valence-corrected chi connectivity index (χ0v) is 11.3. The number of sulfonamides is 1. The second kappa shape index (κ2) is 5.66. The van der Waals surface area contributed by atoms with Crippen molar-refractivity contribution in [3.63, 3.8) is 0 Å². The zero-order chi connectivity index (χ0) is 14.8. The Kier molecular flexibility index (Phi) is 4.64. The first kappa shape index (κ1) is 15.6. The van der Waals surface area contributed by atoms with Gasteiger partial charge in [-0.1, -0.05) is 0 Å². The highest BCUT2D eigenvalue weighted by Crippen LogP contribution is 2.16. The number of amides is 1. The number of aromatic nitrogens is 1. The van der Waals surface area contributed by atoms with E-state index in [1.807, 2.05) is 0 Å². The van der Waals surface area contributed by atoms with Crippen molar-refractivity contribution >= 4 is 15.9 Å². The molecule has 1 aromatic rings. The maximum Gasteiger partial charge on any atom is 0.270 e. The molecular formula is C10H15F2N3O3S. The lowest BCUT2D eigenvalue weighted by Gasteiger charge is -2.15. The highest BCUT2D eigenvalue weighted by atomic mass is 32.2. The third-order valence-corrected chi connectivity index (χ3v) is 3.46. The molecule has 0 spiro atoms. The minimum absolute atomic E-state index is 0.131. The Morgan fingerprint density at radius 1 is 1.53 bits per heavy atom. The molecule has 1 heterocycles. The molecule has 0 bridgehead atoms. The summed E-state index contributed by atoms with van der Waals surface area (Å²) in [6.07, 6.45) is -1.77. The van der Waals surface area contributed by atoms with Gasteiger partial charge in [0, 0.05) is 19.8 Å². The summed E-state index contributed by atoms with van der Waals surface area (Å²) in [6, 6.07) is 1.01. The number of primary sulfonamides is 1. The lowest BCUT2D eigenvalue weighted by atomic mass is 10.3. The van der Waals surface area contributed by atoms with Crippen LogP contribution in [-0.2, 0) is 16.6 Å². The Hall–Kier alpha value is -1.48. The Morgan fingerprint density at radius 2 is 2.11 bits per heavy atom. The zero-order valence-electron chi connectivity index (χ0n) is 10.5. The van der Waals surface area contributed by atoms with Crippen molar-refractivity contribution in [3.05, 3.63) is 18.0 Å². The Balaban J connectivity index is 3.28. The Morgan fingerprint density at radius 3 is 2.53 bits per heavy atom. The van der Waals surface area contributed by atoms with Crippen LogP contribution in [-0.4, -0.2) is 43.8 Å². The maximum atomic E-state index is 12.4. The van der Waals surface area contributed by atoms with E-state index in [-0.39, 0.29) is 10.6 Å². The summed E-state index contributed by atoms with van der Waals surface area (Å²) in [4.78, 5) is 12.9. The van der Waals surface area contributed by atoms with Crippen molar-refractivity contribution < 1.29 is 22.0 Å². The molecule has 9 heteroatoms. The van der Waals surface area contributed by atoms with E-state index < -0.39 is 28.9 Å². The molecule has 0 aliphatic heterocycles. The fourth-order valence-electron chi connectivity index (χ4n) is 1.46. The molecule has 6 nitrogen and oxygen atoms in total. The fourth-order valence-corrected chi connectivity index (χ4v) is 2.01. The SMILES string of the molecule is CCN(C)C(=O)c1cc(S(N)(=O)=O)cn1CC(F)F. The van der Waals surface area contributed by atoms with E-state index in [1.165, 1.54) is 11.9 Å².